The van der Waals surface area contributed by atoms with Crippen LogP contribution >= 0.6 is 11.3 Å². The number of piperazine rings is 1. The molecule has 1 fully saturated rings. The van der Waals surface area contributed by atoms with Gasteiger partial charge >= 0.3 is 24.3 Å². The van der Waals surface area contributed by atoms with Crippen LogP contribution in [0.5, 0.6) is 0 Å². The number of nitrogens with zero attached hydrogens (tertiary/aromatic N) is 6. The van der Waals surface area contributed by atoms with Gasteiger partial charge < -0.3 is 10.2 Å². The maximum atomic E-state index is 10.6. The number of carboxylic acids is 2. The van der Waals surface area contributed by atoms with Crippen LogP contribution in [0.3, 0.4) is 0 Å². The van der Waals surface area contributed by atoms with E-state index in [1.807, 2.05) is 46.6 Å². The van der Waals surface area contributed by atoms with E-state index in [-0.39, 0.29) is 6.04 Å². The number of alkyl halides is 6. The highest BCUT2D eigenvalue weighted by atomic mass is 32.1. The van der Waals surface area contributed by atoms with E-state index in [0.29, 0.717) is 0 Å². The molecule has 5 rings (SSSR count). The minimum atomic E-state index is -5.08. The Kier molecular flexibility index (Phi) is 10.6. The summed E-state index contributed by atoms with van der Waals surface area (Å²) < 4.78 is 65.4. The molecule has 0 saturated carbocycles. The van der Waals surface area contributed by atoms with E-state index in [1.165, 1.54) is 4.88 Å². The third kappa shape index (κ3) is 8.95. The number of likely N-dealkylation sites (N-methyl/N-ethyl adjacent to an activating group) is 1. The molecule has 1 aliphatic heterocycles. The number of carboxylic acid groups (broad SMARTS) is 2. The van der Waals surface area contributed by atoms with E-state index in [0.717, 1.165) is 48.5 Å². The summed E-state index contributed by atoms with van der Waals surface area (Å²) in [5.74, 6) is -5.51. The summed E-state index contributed by atoms with van der Waals surface area (Å²) in [6.07, 6.45) is -4.50. The zero-order valence-corrected chi connectivity index (χ0v) is 22.6. The molecule has 1 atom stereocenters. The van der Waals surface area contributed by atoms with Crippen LogP contribution in [0.25, 0.3) is 16.6 Å². The van der Waals surface area contributed by atoms with Crippen LogP contribution in [0, 0.1) is 0 Å². The molecule has 0 bridgehead atoms. The molecule has 5 heterocycles. The monoisotopic (exact) mass is 618 g/mol. The first-order valence-electron chi connectivity index (χ1n) is 12.0. The summed E-state index contributed by atoms with van der Waals surface area (Å²) >= 11 is 1.83. The van der Waals surface area contributed by atoms with Gasteiger partial charge in [0.15, 0.2) is 0 Å². The number of aromatic nitrogens is 4. The summed E-state index contributed by atoms with van der Waals surface area (Å²) in [7, 11) is 2.18. The number of halogens is 6. The van der Waals surface area contributed by atoms with Gasteiger partial charge in [-0.25, -0.2) is 14.1 Å². The lowest BCUT2D eigenvalue weighted by Crippen LogP contribution is -2.46. The standard InChI is InChI=1S/C21H22N6S.2C2HF3O2/c1-25-10-11-26(14-18-3-2-12-28-18)15-20(25)21-19-5-4-17(13-27(19)24-23-21)16-6-8-22-9-7-16;2*3-2(4,5)1(6)7/h2-9,12-13,20H,10-11,14-15H2,1H3;2*(H,6,7). The number of fused-ring (bicyclic) bond motifs is 1. The average molecular weight is 619 g/mol. The fourth-order valence-corrected chi connectivity index (χ4v) is 4.60. The third-order valence-electron chi connectivity index (χ3n) is 5.95. The van der Waals surface area contributed by atoms with Crippen LogP contribution in [0.1, 0.15) is 16.6 Å². The van der Waals surface area contributed by atoms with Gasteiger partial charge in [0.25, 0.3) is 0 Å². The number of pyridine rings is 2. The van der Waals surface area contributed by atoms with Crippen molar-refractivity contribution in [2.45, 2.75) is 24.9 Å². The van der Waals surface area contributed by atoms with E-state index in [1.54, 1.807) is 0 Å². The second-order valence-electron chi connectivity index (χ2n) is 8.87. The fourth-order valence-electron chi connectivity index (χ4n) is 3.86. The molecule has 2 N–H and O–H groups in total. The quantitative estimate of drug-likeness (QED) is 0.316. The van der Waals surface area contributed by atoms with Crippen molar-refractivity contribution >= 4 is 28.8 Å². The number of hydrogen-bond acceptors (Lipinski definition) is 8. The van der Waals surface area contributed by atoms with Crippen LogP contribution in [0.4, 0.5) is 26.3 Å². The lowest BCUT2D eigenvalue weighted by Gasteiger charge is -2.38. The van der Waals surface area contributed by atoms with Gasteiger partial charge in [0.05, 0.1) is 11.6 Å². The van der Waals surface area contributed by atoms with E-state index >= 15 is 0 Å². The molecule has 4 aromatic heterocycles. The molecule has 1 unspecified atom stereocenters. The first kappa shape index (κ1) is 32.4. The van der Waals surface area contributed by atoms with Crippen molar-refractivity contribution in [3.05, 3.63) is 70.9 Å². The summed E-state index contributed by atoms with van der Waals surface area (Å²) in [5.41, 5.74) is 4.38. The van der Waals surface area contributed by atoms with Crippen molar-refractivity contribution < 1.29 is 46.1 Å². The van der Waals surface area contributed by atoms with E-state index in [4.69, 9.17) is 19.8 Å². The van der Waals surface area contributed by atoms with Crippen molar-refractivity contribution in [3.8, 4) is 11.1 Å². The van der Waals surface area contributed by atoms with Gasteiger partial charge in [0.2, 0.25) is 0 Å². The maximum absolute atomic E-state index is 10.6. The number of aliphatic carboxylic acids is 2. The van der Waals surface area contributed by atoms with Crippen LogP contribution < -0.4 is 0 Å². The Morgan fingerprint density at radius 2 is 1.57 bits per heavy atom. The fraction of sp³-hybridized carbons (Fsp3) is 0.320. The molecule has 1 aliphatic rings. The largest absolute Gasteiger partial charge is 0.490 e. The summed E-state index contributed by atoms with van der Waals surface area (Å²) in [6.45, 7) is 4.09. The summed E-state index contributed by atoms with van der Waals surface area (Å²) in [5, 5.41) is 25.4. The zero-order valence-electron chi connectivity index (χ0n) is 21.7. The van der Waals surface area contributed by atoms with E-state index in [9.17, 15) is 26.3 Å². The van der Waals surface area contributed by atoms with Gasteiger partial charge in [-0.1, -0.05) is 17.3 Å². The van der Waals surface area contributed by atoms with Crippen molar-refractivity contribution in [1.29, 1.82) is 0 Å². The molecule has 0 spiro atoms. The summed E-state index contributed by atoms with van der Waals surface area (Å²) in [4.78, 5) is 28.2. The zero-order chi connectivity index (χ0) is 31.1. The Bertz CT molecular complexity index is 1440. The van der Waals surface area contributed by atoms with Gasteiger partial charge in [0, 0.05) is 55.2 Å². The molecule has 4 aromatic rings. The van der Waals surface area contributed by atoms with Gasteiger partial charge in [-0.3, -0.25) is 14.8 Å². The molecule has 17 heteroatoms. The molecule has 1 saturated heterocycles. The highest BCUT2D eigenvalue weighted by molar-refractivity contribution is 7.09. The number of carbonyl (C=O) groups is 2. The van der Waals surface area contributed by atoms with Crippen LogP contribution in [-0.2, 0) is 16.1 Å². The lowest BCUT2D eigenvalue weighted by atomic mass is 10.1. The highest BCUT2D eigenvalue weighted by Gasteiger charge is 2.39. The lowest BCUT2D eigenvalue weighted by molar-refractivity contribution is -0.193. The Morgan fingerprint density at radius 1 is 0.952 bits per heavy atom. The maximum Gasteiger partial charge on any atom is 0.490 e. The molecule has 42 heavy (non-hydrogen) atoms. The molecule has 226 valence electrons. The van der Waals surface area contributed by atoms with Crippen LogP contribution in [-0.4, -0.2) is 90.8 Å². The van der Waals surface area contributed by atoms with Gasteiger partial charge in [-0.2, -0.15) is 26.3 Å². The average Bonchev–Trinajstić information content (AvgIpc) is 3.59. The molecule has 0 radical (unpaired) electrons. The topological polar surface area (TPSA) is 124 Å². The summed E-state index contributed by atoms with van der Waals surface area (Å²) in [6, 6.07) is 12.9. The molecular formula is C25H24F6N6O4S. The second-order valence-corrected chi connectivity index (χ2v) is 9.91. The van der Waals surface area contributed by atoms with Crippen molar-refractivity contribution in [2.24, 2.45) is 0 Å². The Labute approximate surface area is 238 Å². The minimum absolute atomic E-state index is 0.248. The Hall–Kier alpha value is -4.09. The number of rotatable bonds is 4. The predicted octanol–water partition coefficient (Wildman–Crippen LogP) is 4.61. The van der Waals surface area contributed by atoms with Crippen molar-refractivity contribution in [3.63, 3.8) is 0 Å². The first-order valence-corrected chi connectivity index (χ1v) is 12.9. The predicted molar refractivity (Wildman–Crippen MR) is 139 cm³/mol. The SMILES string of the molecule is CN1CCN(Cc2cccs2)CC1c1nnn2cc(-c3ccncc3)ccc12.O=C(O)C(F)(F)F.O=C(O)C(F)(F)F. The molecule has 0 aromatic carbocycles. The second kappa shape index (κ2) is 13.7. The highest BCUT2D eigenvalue weighted by Crippen LogP contribution is 2.28. The Balaban J connectivity index is 0.000000289. The first-order chi connectivity index (χ1) is 19.7. The molecule has 0 amide bonds. The molecular weight excluding hydrogens is 594 g/mol. The normalized spacial score (nSPS) is 16.2. The van der Waals surface area contributed by atoms with Crippen LogP contribution in [0.15, 0.2) is 60.4 Å². The minimum Gasteiger partial charge on any atom is -0.475 e. The number of thiophene rings is 1. The van der Waals surface area contributed by atoms with Gasteiger partial charge in [-0.05, 0) is 42.3 Å². The van der Waals surface area contributed by atoms with Crippen molar-refractivity contribution in [1.82, 2.24) is 29.6 Å². The molecule has 0 aliphatic carbocycles. The Morgan fingerprint density at radius 3 is 2.12 bits per heavy atom. The van der Waals surface area contributed by atoms with E-state index in [2.05, 4.69) is 61.8 Å². The van der Waals surface area contributed by atoms with Gasteiger partial charge in [0.1, 0.15) is 5.69 Å². The third-order valence-corrected chi connectivity index (χ3v) is 6.81. The van der Waals surface area contributed by atoms with Gasteiger partial charge in [-0.15, -0.1) is 16.4 Å². The van der Waals surface area contributed by atoms with Crippen molar-refractivity contribution in [2.75, 3.05) is 26.7 Å². The number of hydrogen-bond donors (Lipinski definition) is 2. The van der Waals surface area contributed by atoms with Crippen LogP contribution in [0.2, 0.25) is 0 Å². The molecule has 10 nitrogen and oxygen atoms in total. The smallest absolute Gasteiger partial charge is 0.475 e. The van der Waals surface area contributed by atoms with E-state index < -0.39 is 24.3 Å².